The Morgan fingerprint density at radius 2 is 0.900 bits per heavy atom. The average molecular weight is 641 g/mol. The van der Waals surface area contributed by atoms with Crippen molar-refractivity contribution < 1.29 is 4.42 Å². The highest BCUT2D eigenvalue weighted by Crippen LogP contribution is 2.37. The van der Waals surface area contributed by atoms with Crippen LogP contribution in [0.5, 0.6) is 0 Å². The summed E-state index contributed by atoms with van der Waals surface area (Å²) in [6.07, 6.45) is 0. The van der Waals surface area contributed by atoms with Gasteiger partial charge in [-0.25, -0.2) is 15.0 Å². The Labute approximate surface area is 287 Å². The first-order valence-corrected chi connectivity index (χ1v) is 16.7. The minimum Gasteiger partial charge on any atom is -0.456 e. The standard InChI is InChI=1S/C45H28N4O/c1-3-12-29(13-4-1)31-16-11-17-32(26-31)44-46-43(30-14-5-2-6-15-30)47-45(48-44)33-22-24-37-38-28-34(23-25-41(38)50-42(37)27-33)49-39-20-9-7-18-35(39)36-19-8-10-21-40(36)49/h1-28H. The van der Waals surface area contributed by atoms with E-state index in [2.05, 4.69) is 132 Å². The summed E-state index contributed by atoms with van der Waals surface area (Å²) in [5.74, 6) is 1.83. The van der Waals surface area contributed by atoms with Crippen LogP contribution in [-0.4, -0.2) is 19.5 Å². The molecule has 0 N–H and O–H groups in total. The number of hydrogen-bond donors (Lipinski definition) is 0. The van der Waals surface area contributed by atoms with E-state index >= 15 is 0 Å². The number of furan rings is 1. The quantitative estimate of drug-likeness (QED) is 0.188. The van der Waals surface area contributed by atoms with E-state index in [0.717, 1.165) is 55.4 Å². The molecular formula is C45H28N4O. The number of benzene rings is 7. The number of nitrogens with zero attached hydrogens (tertiary/aromatic N) is 4. The maximum atomic E-state index is 6.48. The van der Waals surface area contributed by atoms with Crippen LogP contribution in [0, 0.1) is 0 Å². The third-order valence-electron chi connectivity index (χ3n) is 9.45. The molecule has 0 aliphatic carbocycles. The van der Waals surface area contributed by atoms with Gasteiger partial charge in [0.15, 0.2) is 17.5 Å². The molecule has 7 aromatic carbocycles. The van der Waals surface area contributed by atoms with Crippen LogP contribution >= 0.6 is 0 Å². The Hall–Kier alpha value is -6.85. The largest absolute Gasteiger partial charge is 0.456 e. The van der Waals surface area contributed by atoms with Crippen molar-refractivity contribution in [2.24, 2.45) is 0 Å². The van der Waals surface area contributed by atoms with Gasteiger partial charge in [-0.15, -0.1) is 0 Å². The van der Waals surface area contributed by atoms with Crippen LogP contribution < -0.4 is 0 Å². The van der Waals surface area contributed by atoms with Gasteiger partial charge in [-0.2, -0.15) is 0 Å². The predicted octanol–water partition coefficient (Wildman–Crippen LogP) is 11.5. The molecule has 0 atom stereocenters. The van der Waals surface area contributed by atoms with Gasteiger partial charge in [0, 0.05) is 43.9 Å². The Morgan fingerprint density at radius 1 is 0.340 bits per heavy atom. The molecule has 5 nitrogen and oxygen atoms in total. The summed E-state index contributed by atoms with van der Waals surface area (Å²) in [4.78, 5) is 15.0. The van der Waals surface area contributed by atoms with Gasteiger partial charge < -0.3 is 8.98 Å². The van der Waals surface area contributed by atoms with Gasteiger partial charge in [-0.1, -0.05) is 121 Å². The third-order valence-corrected chi connectivity index (χ3v) is 9.45. The fraction of sp³-hybridized carbons (Fsp3) is 0. The zero-order chi connectivity index (χ0) is 33.0. The van der Waals surface area contributed by atoms with E-state index in [1.165, 1.54) is 21.8 Å². The summed E-state index contributed by atoms with van der Waals surface area (Å²) in [5, 5.41) is 4.58. The Balaban J connectivity index is 1.11. The number of para-hydroxylation sites is 2. The summed E-state index contributed by atoms with van der Waals surface area (Å²) >= 11 is 0. The zero-order valence-corrected chi connectivity index (χ0v) is 26.9. The summed E-state index contributed by atoms with van der Waals surface area (Å²) in [5.41, 5.74) is 10.0. The van der Waals surface area contributed by atoms with Gasteiger partial charge in [0.1, 0.15) is 11.2 Å². The number of rotatable bonds is 5. The summed E-state index contributed by atoms with van der Waals surface area (Å²) in [6.45, 7) is 0. The lowest BCUT2D eigenvalue weighted by Crippen LogP contribution is -2.00. The van der Waals surface area contributed by atoms with E-state index in [-0.39, 0.29) is 0 Å². The minimum absolute atomic E-state index is 0.590. The molecule has 3 heterocycles. The van der Waals surface area contributed by atoms with E-state index < -0.39 is 0 Å². The van der Waals surface area contributed by atoms with E-state index in [9.17, 15) is 0 Å². The van der Waals surface area contributed by atoms with Crippen molar-refractivity contribution in [2.75, 3.05) is 0 Å². The molecule has 0 saturated heterocycles. The van der Waals surface area contributed by atoms with Crippen LogP contribution in [0.15, 0.2) is 174 Å². The topological polar surface area (TPSA) is 56.7 Å². The first-order chi connectivity index (χ1) is 24.8. The first kappa shape index (κ1) is 28.2. The van der Waals surface area contributed by atoms with E-state index in [4.69, 9.17) is 19.4 Å². The molecule has 0 fully saturated rings. The highest BCUT2D eigenvalue weighted by molar-refractivity contribution is 6.10. The minimum atomic E-state index is 0.590. The van der Waals surface area contributed by atoms with Crippen molar-refractivity contribution in [1.82, 2.24) is 19.5 Å². The van der Waals surface area contributed by atoms with Gasteiger partial charge in [0.25, 0.3) is 0 Å². The van der Waals surface area contributed by atoms with Gasteiger partial charge in [-0.3, -0.25) is 0 Å². The van der Waals surface area contributed by atoms with E-state index in [0.29, 0.717) is 17.5 Å². The van der Waals surface area contributed by atoms with Crippen molar-refractivity contribution in [3.63, 3.8) is 0 Å². The maximum Gasteiger partial charge on any atom is 0.164 e. The van der Waals surface area contributed by atoms with Crippen LogP contribution in [0.1, 0.15) is 0 Å². The number of hydrogen-bond acceptors (Lipinski definition) is 4. The Bertz CT molecular complexity index is 2820. The molecule has 3 aromatic heterocycles. The molecule has 10 rings (SSSR count). The molecule has 0 spiro atoms. The fourth-order valence-corrected chi connectivity index (χ4v) is 7.06. The van der Waals surface area contributed by atoms with Crippen LogP contribution in [-0.2, 0) is 0 Å². The predicted molar refractivity (Wildman–Crippen MR) is 203 cm³/mol. The summed E-state index contributed by atoms with van der Waals surface area (Å²) in [7, 11) is 0. The van der Waals surface area contributed by atoms with Crippen molar-refractivity contribution in [3.8, 4) is 51.0 Å². The Morgan fingerprint density at radius 3 is 1.60 bits per heavy atom. The van der Waals surface area contributed by atoms with Crippen LogP contribution in [0.4, 0.5) is 0 Å². The maximum absolute atomic E-state index is 6.48. The smallest absolute Gasteiger partial charge is 0.164 e. The van der Waals surface area contributed by atoms with Gasteiger partial charge in [-0.05, 0) is 59.7 Å². The van der Waals surface area contributed by atoms with E-state index in [1.807, 2.05) is 42.5 Å². The molecule has 0 saturated carbocycles. The molecule has 5 heteroatoms. The molecule has 234 valence electrons. The third kappa shape index (κ3) is 4.67. The SMILES string of the molecule is c1ccc(-c2cccc(-c3nc(-c4ccccc4)nc(-c4ccc5c(c4)oc4ccc(-n6c7ccccc7c7ccccc76)cc45)n3)c2)cc1. The lowest BCUT2D eigenvalue weighted by molar-refractivity contribution is 0.669. The summed E-state index contributed by atoms with van der Waals surface area (Å²) < 4.78 is 8.81. The monoisotopic (exact) mass is 640 g/mol. The lowest BCUT2D eigenvalue weighted by Gasteiger charge is -2.10. The van der Waals surface area contributed by atoms with Crippen molar-refractivity contribution in [2.45, 2.75) is 0 Å². The van der Waals surface area contributed by atoms with E-state index in [1.54, 1.807) is 0 Å². The molecule has 0 unspecified atom stereocenters. The molecule has 0 aliphatic heterocycles. The second kappa shape index (κ2) is 11.4. The molecule has 0 aliphatic rings. The molecule has 50 heavy (non-hydrogen) atoms. The number of aromatic nitrogens is 4. The molecule has 0 radical (unpaired) electrons. The molecule has 10 aromatic rings. The second-order valence-electron chi connectivity index (χ2n) is 12.5. The zero-order valence-electron chi connectivity index (χ0n) is 26.9. The lowest BCUT2D eigenvalue weighted by atomic mass is 10.0. The highest BCUT2D eigenvalue weighted by atomic mass is 16.3. The number of fused-ring (bicyclic) bond motifs is 6. The van der Waals surface area contributed by atoms with Crippen molar-refractivity contribution in [3.05, 3.63) is 170 Å². The van der Waals surface area contributed by atoms with Crippen LogP contribution in [0.25, 0.3) is 94.7 Å². The molecular weight excluding hydrogens is 613 g/mol. The van der Waals surface area contributed by atoms with Gasteiger partial charge in [0.2, 0.25) is 0 Å². The van der Waals surface area contributed by atoms with Crippen molar-refractivity contribution in [1.29, 1.82) is 0 Å². The molecule has 0 amide bonds. The Kier molecular flexibility index (Phi) is 6.42. The first-order valence-electron chi connectivity index (χ1n) is 16.7. The fourth-order valence-electron chi connectivity index (χ4n) is 7.06. The average Bonchev–Trinajstić information content (AvgIpc) is 3.73. The second-order valence-corrected chi connectivity index (χ2v) is 12.5. The highest BCUT2D eigenvalue weighted by Gasteiger charge is 2.17. The van der Waals surface area contributed by atoms with Crippen molar-refractivity contribution >= 4 is 43.7 Å². The van der Waals surface area contributed by atoms with Crippen LogP contribution in [0.3, 0.4) is 0 Å². The molecule has 0 bridgehead atoms. The normalized spacial score (nSPS) is 11.6. The van der Waals surface area contributed by atoms with Crippen LogP contribution in [0.2, 0.25) is 0 Å². The van der Waals surface area contributed by atoms with Gasteiger partial charge in [0.05, 0.1) is 11.0 Å². The van der Waals surface area contributed by atoms with Gasteiger partial charge >= 0.3 is 0 Å². The summed E-state index contributed by atoms with van der Waals surface area (Å²) in [6, 6.07) is 58.6.